The molecule has 1 saturated heterocycles. The number of amides is 1. The van der Waals surface area contributed by atoms with Gasteiger partial charge in [0.25, 0.3) is 10.2 Å². The zero-order valence-corrected chi connectivity index (χ0v) is 16.2. The third kappa shape index (κ3) is 4.92. The summed E-state index contributed by atoms with van der Waals surface area (Å²) in [6.45, 7) is 1.74. The number of hydrogen-bond acceptors (Lipinski definition) is 4. The Morgan fingerprint density at radius 3 is 2.50 bits per heavy atom. The van der Waals surface area contributed by atoms with Gasteiger partial charge in [0.15, 0.2) is 0 Å². The molecular weight excluding hydrogens is 398 g/mol. The van der Waals surface area contributed by atoms with Crippen LogP contribution in [0.15, 0.2) is 28.7 Å². The smallest absolute Gasteiger partial charge is 0.281 e. The molecule has 7 nitrogen and oxygen atoms in total. The van der Waals surface area contributed by atoms with Gasteiger partial charge in [-0.15, -0.1) is 0 Å². The number of hydrogen-bond donors (Lipinski definition) is 0. The van der Waals surface area contributed by atoms with E-state index in [1.165, 1.54) is 22.7 Å². The lowest BCUT2D eigenvalue weighted by molar-refractivity contribution is -0.132. The first-order chi connectivity index (χ1) is 11.3. The van der Waals surface area contributed by atoms with Crippen molar-refractivity contribution in [1.82, 2.24) is 13.5 Å². The second-order valence-corrected chi connectivity index (χ2v) is 8.68. The van der Waals surface area contributed by atoms with Gasteiger partial charge in [0, 0.05) is 44.7 Å². The third-order valence-electron chi connectivity index (χ3n) is 3.76. The number of piperazine rings is 1. The molecule has 0 aromatic heterocycles. The van der Waals surface area contributed by atoms with E-state index in [0.717, 1.165) is 4.47 Å². The van der Waals surface area contributed by atoms with Crippen LogP contribution < -0.4 is 4.74 Å². The Balaban J connectivity index is 1.77. The Kier molecular flexibility index (Phi) is 6.62. The van der Waals surface area contributed by atoms with Crippen molar-refractivity contribution in [1.29, 1.82) is 0 Å². The topological polar surface area (TPSA) is 70.2 Å². The van der Waals surface area contributed by atoms with Crippen LogP contribution in [0.5, 0.6) is 5.75 Å². The lowest BCUT2D eigenvalue weighted by atomic mass is 10.3. The molecule has 1 aliphatic rings. The molecule has 134 valence electrons. The number of ether oxygens (including phenoxy) is 1. The Bertz CT molecular complexity index is 673. The second-order valence-electron chi connectivity index (χ2n) is 5.63. The van der Waals surface area contributed by atoms with Crippen LogP contribution in [0.2, 0.25) is 0 Å². The monoisotopic (exact) mass is 419 g/mol. The summed E-state index contributed by atoms with van der Waals surface area (Å²) in [5.41, 5.74) is 0. The van der Waals surface area contributed by atoms with Crippen LogP contribution in [0.1, 0.15) is 6.42 Å². The van der Waals surface area contributed by atoms with E-state index in [1.807, 2.05) is 24.3 Å². The van der Waals surface area contributed by atoms with Gasteiger partial charge < -0.3 is 9.64 Å². The van der Waals surface area contributed by atoms with E-state index in [0.29, 0.717) is 38.5 Å². The minimum atomic E-state index is -3.41. The molecule has 24 heavy (non-hydrogen) atoms. The van der Waals surface area contributed by atoms with Crippen molar-refractivity contribution in [3.63, 3.8) is 0 Å². The summed E-state index contributed by atoms with van der Waals surface area (Å²) < 4.78 is 33.2. The van der Waals surface area contributed by atoms with Crippen molar-refractivity contribution in [2.45, 2.75) is 6.42 Å². The quantitative estimate of drug-likeness (QED) is 0.693. The fourth-order valence-electron chi connectivity index (χ4n) is 2.37. The fourth-order valence-corrected chi connectivity index (χ4v) is 3.84. The van der Waals surface area contributed by atoms with Gasteiger partial charge in [0.2, 0.25) is 5.91 Å². The highest BCUT2D eigenvalue weighted by atomic mass is 79.9. The van der Waals surface area contributed by atoms with Crippen molar-refractivity contribution in [3.8, 4) is 5.75 Å². The molecule has 0 unspecified atom stereocenters. The van der Waals surface area contributed by atoms with Gasteiger partial charge in [-0.1, -0.05) is 22.0 Å². The molecule has 9 heteroatoms. The second kappa shape index (κ2) is 8.28. The maximum Gasteiger partial charge on any atom is 0.281 e. The van der Waals surface area contributed by atoms with E-state index < -0.39 is 10.2 Å². The maximum absolute atomic E-state index is 12.2. The lowest BCUT2D eigenvalue weighted by Gasteiger charge is -2.35. The highest BCUT2D eigenvalue weighted by Gasteiger charge is 2.29. The predicted molar refractivity (Wildman–Crippen MR) is 95.0 cm³/mol. The minimum absolute atomic E-state index is 0.0214. The summed E-state index contributed by atoms with van der Waals surface area (Å²) in [6.07, 6.45) is 0.271. The third-order valence-corrected chi connectivity index (χ3v) is 6.19. The van der Waals surface area contributed by atoms with Crippen LogP contribution in [-0.2, 0) is 15.0 Å². The van der Waals surface area contributed by atoms with Crippen LogP contribution in [0.25, 0.3) is 0 Å². The highest BCUT2D eigenvalue weighted by molar-refractivity contribution is 9.10. The molecule has 0 saturated carbocycles. The van der Waals surface area contributed by atoms with E-state index in [4.69, 9.17) is 4.74 Å². The zero-order valence-electron chi connectivity index (χ0n) is 13.8. The number of carbonyl (C=O) groups excluding carboxylic acids is 1. The van der Waals surface area contributed by atoms with Gasteiger partial charge in [-0.3, -0.25) is 4.79 Å². The molecule has 0 bridgehead atoms. The average molecular weight is 420 g/mol. The average Bonchev–Trinajstić information content (AvgIpc) is 2.55. The molecule has 1 aromatic carbocycles. The van der Waals surface area contributed by atoms with Crippen LogP contribution in [0.4, 0.5) is 0 Å². The van der Waals surface area contributed by atoms with Crippen LogP contribution in [-0.4, -0.2) is 74.7 Å². The van der Waals surface area contributed by atoms with Crippen molar-refractivity contribution < 1.29 is 17.9 Å². The molecule has 0 radical (unpaired) electrons. The Morgan fingerprint density at radius 2 is 1.92 bits per heavy atom. The number of halogens is 1. The molecule has 2 rings (SSSR count). The SMILES string of the molecule is CN(C)S(=O)(=O)N1CCN(C(=O)CCOc2cccc(Br)c2)CC1. The summed E-state index contributed by atoms with van der Waals surface area (Å²) in [5, 5.41) is 0. The molecule has 0 spiro atoms. The van der Waals surface area contributed by atoms with Crippen LogP contribution in [0.3, 0.4) is 0 Å². The minimum Gasteiger partial charge on any atom is -0.493 e. The summed E-state index contributed by atoms with van der Waals surface area (Å²) in [5.74, 6) is 0.686. The Hall–Kier alpha value is -1.16. The normalized spacial score (nSPS) is 16.4. The highest BCUT2D eigenvalue weighted by Crippen LogP contribution is 2.18. The molecule has 1 fully saturated rings. The summed E-state index contributed by atoms with van der Waals surface area (Å²) in [4.78, 5) is 13.9. The molecule has 0 aliphatic carbocycles. The van der Waals surface area contributed by atoms with Crippen molar-refractivity contribution in [2.75, 3.05) is 46.9 Å². The largest absolute Gasteiger partial charge is 0.493 e. The fraction of sp³-hybridized carbons (Fsp3) is 0.533. The molecule has 0 N–H and O–H groups in total. The standard InChI is InChI=1S/C15H22BrN3O4S/c1-17(2)24(21,22)19-9-7-18(8-10-19)15(20)6-11-23-14-5-3-4-13(16)12-14/h3-5,12H,6-11H2,1-2H3. The first kappa shape index (κ1) is 19.2. The Labute approximate surface area is 151 Å². The van der Waals surface area contributed by atoms with E-state index in [9.17, 15) is 13.2 Å². The van der Waals surface area contributed by atoms with E-state index in [-0.39, 0.29) is 12.3 Å². The van der Waals surface area contributed by atoms with Crippen molar-refractivity contribution in [3.05, 3.63) is 28.7 Å². The van der Waals surface area contributed by atoms with Crippen molar-refractivity contribution in [2.24, 2.45) is 0 Å². The van der Waals surface area contributed by atoms with Gasteiger partial charge in [-0.05, 0) is 18.2 Å². The molecule has 1 heterocycles. The van der Waals surface area contributed by atoms with Gasteiger partial charge in [0.05, 0.1) is 13.0 Å². The van der Waals surface area contributed by atoms with Crippen LogP contribution in [0, 0.1) is 0 Å². The lowest BCUT2D eigenvalue weighted by Crippen LogP contribution is -2.53. The first-order valence-electron chi connectivity index (χ1n) is 7.64. The molecule has 0 atom stereocenters. The van der Waals surface area contributed by atoms with E-state index in [2.05, 4.69) is 15.9 Å². The summed E-state index contributed by atoms with van der Waals surface area (Å²) >= 11 is 3.36. The maximum atomic E-state index is 12.2. The Morgan fingerprint density at radius 1 is 1.25 bits per heavy atom. The van der Waals surface area contributed by atoms with Gasteiger partial charge in [-0.2, -0.15) is 17.0 Å². The van der Waals surface area contributed by atoms with E-state index >= 15 is 0 Å². The van der Waals surface area contributed by atoms with Crippen LogP contribution >= 0.6 is 15.9 Å². The molecule has 1 aliphatic heterocycles. The van der Waals surface area contributed by atoms with Gasteiger partial charge in [-0.25, -0.2) is 0 Å². The van der Waals surface area contributed by atoms with Gasteiger partial charge >= 0.3 is 0 Å². The summed E-state index contributed by atoms with van der Waals surface area (Å²) in [7, 11) is -0.394. The van der Waals surface area contributed by atoms with E-state index in [1.54, 1.807) is 4.90 Å². The molecular formula is C15H22BrN3O4S. The summed E-state index contributed by atoms with van der Waals surface area (Å²) in [6, 6.07) is 7.44. The number of nitrogens with zero attached hydrogens (tertiary/aromatic N) is 3. The molecule has 1 amide bonds. The zero-order chi connectivity index (χ0) is 17.7. The first-order valence-corrected chi connectivity index (χ1v) is 9.83. The van der Waals surface area contributed by atoms with Gasteiger partial charge in [0.1, 0.15) is 5.75 Å². The predicted octanol–water partition coefficient (Wildman–Crippen LogP) is 1.17. The number of carbonyl (C=O) groups is 1. The van der Waals surface area contributed by atoms with Crippen molar-refractivity contribution >= 4 is 32.0 Å². The number of benzene rings is 1. The number of rotatable bonds is 6. The molecule has 1 aromatic rings.